The van der Waals surface area contributed by atoms with Gasteiger partial charge in [0.25, 0.3) is 0 Å². The van der Waals surface area contributed by atoms with E-state index in [1.807, 2.05) is 0 Å². The Labute approximate surface area is 445 Å². The summed E-state index contributed by atoms with van der Waals surface area (Å²) in [7, 11) is 2.18. The molecule has 3 nitrogen and oxygen atoms in total. The van der Waals surface area contributed by atoms with Gasteiger partial charge in [-0.2, -0.15) is 0 Å². The lowest BCUT2D eigenvalue weighted by atomic mass is 9.93. The van der Waals surface area contributed by atoms with Gasteiger partial charge in [0.1, 0.15) is 0 Å². The predicted octanol–water partition coefficient (Wildman–Crippen LogP) is 20.0. The molecule has 0 amide bonds. The Morgan fingerprint density at radius 1 is 0.263 bits per heavy atom. The minimum Gasteiger partial charge on any atom is -0.344 e. The van der Waals surface area contributed by atoms with Crippen molar-refractivity contribution in [2.75, 3.05) is 9.80 Å². The lowest BCUT2D eigenvalue weighted by Crippen LogP contribution is -2.17. The summed E-state index contributed by atoms with van der Waals surface area (Å²) in [5, 5.41) is 2.53. The quantitative estimate of drug-likeness (QED) is 0.121. The molecule has 0 saturated carbocycles. The minimum absolute atomic E-state index is 0.972. The summed E-state index contributed by atoms with van der Waals surface area (Å²) in [5.41, 5.74) is 24.2. The first kappa shape index (κ1) is 46.1. The molecule has 0 atom stereocenters. The number of rotatable bonds is 12. The van der Waals surface area contributed by atoms with Gasteiger partial charge < -0.3 is 14.4 Å². The fourth-order valence-corrected chi connectivity index (χ4v) is 11.1. The van der Waals surface area contributed by atoms with Crippen molar-refractivity contribution in [2.24, 2.45) is 7.05 Å². The molecule has 1 heterocycles. The molecule has 76 heavy (non-hydrogen) atoms. The zero-order valence-corrected chi connectivity index (χ0v) is 42.5. The highest BCUT2D eigenvalue weighted by Gasteiger charge is 2.19. The first-order valence-electron chi connectivity index (χ1n) is 26.3. The monoisotopic (exact) mass is 973 g/mol. The number of benzene rings is 11. The maximum Gasteiger partial charge on any atom is 0.0489 e. The summed E-state index contributed by atoms with van der Waals surface area (Å²) in [6.45, 7) is 0. The first-order chi connectivity index (χ1) is 37.6. The normalized spacial score (nSPS) is 12.3. The largest absolute Gasteiger partial charge is 0.344 e. The van der Waals surface area contributed by atoms with Gasteiger partial charge in [0, 0.05) is 63.0 Å². The van der Waals surface area contributed by atoms with Gasteiger partial charge in [0.2, 0.25) is 0 Å². The van der Waals surface area contributed by atoms with Gasteiger partial charge in [-0.3, -0.25) is 0 Å². The number of aromatic nitrogens is 1. The van der Waals surface area contributed by atoms with E-state index >= 15 is 0 Å². The van der Waals surface area contributed by atoms with E-state index in [1.165, 1.54) is 106 Å². The van der Waals surface area contributed by atoms with Crippen LogP contribution >= 0.6 is 0 Å². The van der Waals surface area contributed by atoms with Crippen LogP contribution in [0.3, 0.4) is 0 Å². The second kappa shape index (κ2) is 20.3. The molecule has 11 aromatic carbocycles. The topological polar surface area (TPSA) is 11.4 Å². The van der Waals surface area contributed by atoms with Gasteiger partial charge in [0.15, 0.2) is 0 Å². The van der Waals surface area contributed by atoms with E-state index in [-0.39, 0.29) is 0 Å². The molecule has 0 unspecified atom stereocenters. The molecule has 0 bridgehead atoms. The third-order valence-corrected chi connectivity index (χ3v) is 15.2. The lowest BCUT2D eigenvalue weighted by molar-refractivity contribution is 0.930. The zero-order valence-electron chi connectivity index (χ0n) is 42.5. The second-order valence-corrected chi connectivity index (χ2v) is 19.7. The summed E-state index contributed by atoms with van der Waals surface area (Å²) in [6.07, 6.45) is 6.57. The van der Waals surface area contributed by atoms with Crippen molar-refractivity contribution < 1.29 is 0 Å². The van der Waals surface area contributed by atoms with Gasteiger partial charge >= 0.3 is 0 Å². The van der Waals surface area contributed by atoms with E-state index < -0.39 is 0 Å². The van der Waals surface area contributed by atoms with Crippen molar-refractivity contribution in [1.29, 1.82) is 0 Å². The number of hydrogen-bond donors (Lipinski definition) is 0. The molecule has 1 aliphatic rings. The second-order valence-electron chi connectivity index (χ2n) is 19.7. The van der Waals surface area contributed by atoms with E-state index in [0.29, 0.717) is 0 Å². The van der Waals surface area contributed by atoms with E-state index in [0.717, 1.165) is 29.9 Å². The van der Waals surface area contributed by atoms with Crippen molar-refractivity contribution in [2.45, 2.75) is 12.8 Å². The van der Waals surface area contributed by atoms with Crippen LogP contribution in [0, 0.1) is 0 Å². The summed E-state index contributed by atoms with van der Waals surface area (Å²) in [4.78, 5) is 4.67. The van der Waals surface area contributed by atoms with E-state index in [9.17, 15) is 0 Å². The molecule has 0 saturated heterocycles. The highest BCUT2D eigenvalue weighted by atomic mass is 15.2. The highest BCUT2D eigenvalue weighted by molar-refractivity contribution is 6.10. The fourth-order valence-electron chi connectivity index (χ4n) is 11.1. The molecular formula is C73H55N3. The van der Waals surface area contributed by atoms with Crippen molar-refractivity contribution in [3.05, 3.63) is 302 Å². The van der Waals surface area contributed by atoms with Gasteiger partial charge in [0.05, 0.1) is 0 Å². The van der Waals surface area contributed by atoms with Crippen LogP contribution in [0.1, 0.15) is 18.4 Å². The van der Waals surface area contributed by atoms with Gasteiger partial charge in [-0.05, 0) is 171 Å². The van der Waals surface area contributed by atoms with Crippen LogP contribution in [-0.4, -0.2) is 4.57 Å². The maximum absolute atomic E-state index is 2.38. The summed E-state index contributed by atoms with van der Waals surface area (Å²) < 4.78 is 2.32. The molecule has 0 spiro atoms. The molecule has 3 heteroatoms. The molecule has 1 aliphatic carbocycles. The summed E-state index contributed by atoms with van der Waals surface area (Å²) in [6, 6.07) is 101. The Morgan fingerprint density at radius 3 is 0.895 bits per heavy atom. The van der Waals surface area contributed by atoms with Crippen LogP contribution in [0.2, 0.25) is 0 Å². The third-order valence-electron chi connectivity index (χ3n) is 15.2. The van der Waals surface area contributed by atoms with Crippen LogP contribution in [0.5, 0.6) is 0 Å². The third kappa shape index (κ3) is 9.10. The molecule has 0 N–H and O–H groups in total. The number of hydrogen-bond acceptors (Lipinski definition) is 2. The Morgan fingerprint density at radius 2 is 0.553 bits per heavy atom. The van der Waals surface area contributed by atoms with E-state index in [4.69, 9.17) is 0 Å². The molecular weight excluding hydrogens is 919 g/mol. The van der Waals surface area contributed by atoms with Gasteiger partial charge in [-0.25, -0.2) is 0 Å². The molecule has 362 valence electrons. The first-order valence-corrected chi connectivity index (χ1v) is 26.3. The van der Waals surface area contributed by atoms with Crippen molar-refractivity contribution in [3.8, 4) is 55.6 Å². The fraction of sp³-hybridized carbons (Fsp3) is 0.0411. The smallest absolute Gasteiger partial charge is 0.0489 e. The van der Waals surface area contributed by atoms with E-state index in [1.54, 1.807) is 0 Å². The van der Waals surface area contributed by atoms with Crippen molar-refractivity contribution >= 4 is 55.8 Å². The average molecular weight is 974 g/mol. The van der Waals surface area contributed by atoms with Crippen LogP contribution in [0.25, 0.3) is 83.0 Å². The molecule has 0 radical (unpaired) electrons. The Bertz CT molecular complexity index is 3950. The predicted molar refractivity (Wildman–Crippen MR) is 323 cm³/mol. The average Bonchev–Trinajstić information content (AvgIpc) is 3.79. The van der Waals surface area contributed by atoms with Crippen molar-refractivity contribution in [1.82, 2.24) is 4.57 Å². The zero-order chi connectivity index (χ0) is 50.8. The van der Waals surface area contributed by atoms with Gasteiger partial charge in [-0.15, -0.1) is 0 Å². The number of fused-ring (bicyclic) bond motifs is 3. The molecule has 0 aliphatic heterocycles. The lowest BCUT2D eigenvalue weighted by Gasteiger charge is -2.30. The van der Waals surface area contributed by atoms with Crippen LogP contribution in [0.4, 0.5) is 28.4 Å². The van der Waals surface area contributed by atoms with Crippen molar-refractivity contribution in [3.63, 3.8) is 0 Å². The number of aryl methyl sites for hydroxylation is 1. The standard InChI is InChI=1S/C73H55N3/c1-74-72-48-42-62(60-34-30-54(31-35-60)52-22-26-56(27-23-52)58-38-44-68(45-39-58)75(64-14-6-2-7-15-64)65-16-8-3-9-17-65)50-70(72)71-51-63(43-49-73(71)74)61-36-32-55(33-37-61)53-24-28-57(29-25-53)59-40-46-69(47-41-59)76(66-18-10-4-11-19-66)67-20-12-5-13-21-67/h2-40,42-46,48-51H,41,47H2,1H3. The molecule has 12 aromatic rings. The number of para-hydroxylation sites is 4. The minimum atomic E-state index is 0.972. The molecule has 1 aromatic heterocycles. The van der Waals surface area contributed by atoms with Gasteiger partial charge in [-0.1, -0.05) is 200 Å². The highest BCUT2D eigenvalue weighted by Crippen LogP contribution is 2.40. The SMILES string of the molecule is Cn1c2ccc(-c3ccc(-c4ccc(C5=CC=C(N(c6ccccc6)c6ccccc6)CC5)cc4)cc3)cc2c2cc(-c3ccc(-c4ccc(-c5ccc(N(c6ccccc6)c6ccccc6)cc5)cc4)cc3)ccc21. The Kier molecular flexibility index (Phi) is 12.3. The summed E-state index contributed by atoms with van der Waals surface area (Å²) in [5.74, 6) is 0. The van der Waals surface area contributed by atoms with E-state index in [2.05, 4.69) is 313 Å². The maximum atomic E-state index is 2.38. The molecule has 13 rings (SSSR count). The van der Waals surface area contributed by atoms with Crippen LogP contribution < -0.4 is 9.80 Å². The number of anilines is 5. The molecule has 0 fully saturated rings. The van der Waals surface area contributed by atoms with Crippen LogP contribution in [-0.2, 0) is 7.05 Å². The number of allylic oxidation sites excluding steroid dienone is 4. The Balaban J connectivity index is 0.696. The Hall–Kier alpha value is -9.70. The van der Waals surface area contributed by atoms with Crippen LogP contribution in [0.15, 0.2) is 297 Å². The summed E-state index contributed by atoms with van der Waals surface area (Å²) >= 11 is 0. The number of nitrogens with zero attached hydrogens (tertiary/aromatic N) is 3.